The standard InChI is InChI=1S/C26H24N6O5/c1-3-36-21(33)14-32(20-6-4-5-13-29-20)26(35)37-19-12-11-18-22(15(19)2)31-25(30-18)23(34)16-7-9-17(10-8-16)24(27)28/h4-13H,3,14H2,1-2H3,(H3,27,28)(H,30,31). The molecule has 1 amide bonds. The van der Waals surface area contributed by atoms with Crippen LogP contribution >= 0.6 is 0 Å². The average molecular weight is 501 g/mol. The number of benzene rings is 2. The van der Waals surface area contributed by atoms with Crippen LogP contribution < -0.4 is 15.4 Å². The van der Waals surface area contributed by atoms with Crippen molar-refractivity contribution in [3.63, 3.8) is 0 Å². The maximum Gasteiger partial charge on any atom is 0.421 e. The molecule has 2 aromatic carbocycles. The molecule has 11 heteroatoms. The number of anilines is 1. The summed E-state index contributed by atoms with van der Waals surface area (Å²) in [5, 5.41) is 7.48. The SMILES string of the molecule is CCOC(=O)CN(C(=O)Oc1ccc2[nH]c(C(=O)c3ccc(C(=N)N)cc3)nc2c1C)c1ccccn1. The van der Waals surface area contributed by atoms with Crippen molar-refractivity contribution in [1.82, 2.24) is 15.0 Å². The van der Waals surface area contributed by atoms with E-state index in [4.69, 9.17) is 20.6 Å². The fourth-order valence-electron chi connectivity index (χ4n) is 3.59. The molecule has 0 atom stereocenters. The lowest BCUT2D eigenvalue weighted by atomic mass is 10.1. The zero-order chi connectivity index (χ0) is 26.5. The smallest absolute Gasteiger partial charge is 0.421 e. The molecule has 0 fully saturated rings. The Morgan fingerprint density at radius 1 is 1.05 bits per heavy atom. The Balaban J connectivity index is 1.59. The fourth-order valence-corrected chi connectivity index (χ4v) is 3.59. The zero-order valence-electron chi connectivity index (χ0n) is 20.1. The molecule has 188 valence electrons. The van der Waals surface area contributed by atoms with Crippen LogP contribution in [0, 0.1) is 12.3 Å². The van der Waals surface area contributed by atoms with Crippen molar-refractivity contribution in [1.29, 1.82) is 5.41 Å². The number of nitrogens with one attached hydrogen (secondary N) is 2. The van der Waals surface area contributed by atoms with E-state index < -0.39 is 12.1 Å². The van der Waals surface area contributed by atoms with Gasteiger partial charge in [0.15, 0.2) is 5.82 Å². The summed E-state index contributed by atoms with van der Waals surface area (Å²) in [5.41, 5.74) is 7.89. The number of nitrogens with zero attached hydrogens (tertiary/aromatic N) is 3. The molecule has 0 aliphatic heterocycles. The summed E-state index contributed by atoms with van der Waals surface area (Å²) < 4.78 is 10.6. The van der Waals surface area contributed by atoms with Crippen molar-refractivity contribution in [3.05, 3.63) is 83.3 Å². The van der Waals surface area contributed by atoms with Gasteiger partial charge in [0.2, 0.25) is 5.78 Å². The van der Waals surface area contributed by atoms with Crippen LogP contribution in [0.25, 0.3) is 11.0 Å². The van der Waals surface area contributed by atoms with Crippen LogP contribution in [0.5, 0.6) is 5.75 Å². The zero-order valence-corrected chi connectivity index (χ0v) is 20.1. The number of esters is 1. The van der Waals surface area contributed by atoms with Crippen LogP contribution in [0.15, 0.2) is 60.8 Å². The fraction of sp³-hybridized carbons (Fsp3) is 0.154. The van der Waals surface area contributed by atoms with Crippen LogP contribution in [-0.4, -0.2) is 51.8 Å². The molecule has 0 unspecified atom stereocenters. The minimum atomic E-state index is -0.827. The number of pyridine rings is 1. The number of aromatic amines is 1. The number of carbonyl (C=O) groups is 3. The molecule has 2 aromatic heterocycles. The predicted octanol–water partition coefficient (Wildman–Crippen LogP) is 3.35. The number of carbonyl (C=O) groups excluding carboxylic acids is 3. The Kier molecular flexibility index (Phi) is 7.23. The van der Waals surface area contributed by atoms with E-state index in [1.807, 2.05) is 0 Å². The number of hydrogen-bond donors (Lipinski definition) is 3. The molecule has 0 bridgehead atoms. The van der Waals surface area contributed by atoms with Crippen LogP contribution in [0.2, 0.25) is 0 Å². The van der Waals surface area contributed by atoms with E-state index >= 15 is 0 Å². The van der Waals surface area contributed by atoms with Gasteiger partial charge in [-0.15, -0.1) is 0 Å². The quantitative estimate of drug-likeness (QED) is 0.143. The number of H-pyrrole nitrogens is 1. The molecule has 0 radical (unpaired) electrons. The van der Waals surface area contributed by atoms with Crippen LogP contribution in [0.1, 0.15) is 34.2 Å². The third-order valence-electron chi connectivity index (χ3n) is 5.47. The second-order valence-corrected chi connectivity index (χ2v) is 7.94. The van der Waals surface area contributed by atoms with Gasteiger partial charge >= 0.3 is 12.1 Å². The molecule has 4 aromatic rings. The number of ether oxygens (including phenoxy) is 2. The van der Waals surface area contributed by atoms with Crippen LogP contribution in [0.4, 0.5) is 10.6 Å². The summed E-state index contributed by atoms with van der Waals surface area (Å²) in [6.45, 7) is 3.16. The van der Waals surface area contributed by atoms with Gasteiger partial charge in [-0.05, 0) is 38.1 Å². The number of imidazole rings is 1. The molecular weight excluding hydrogens is 476 g/mol. The van der Waals surface area contributed by atoms with Crippen molar-refractivity contribution in [2.75, 3.05) is 18.1 Å². The molecule has 0 saturated carbocycles. The van der Waals surface area contributed by atoms with E-state index in [1.165, 1.54) is 6.20 Å². The number of amidine groups is 1. The Morgan fingerprint density at radius 2 is 1.78 bits per heavy atom. The van der Waals surface area contributed by atoms with Gasteiger partial charge in [-0.3, -0.25) is 15.0 Å². The number of aromatic nitrogens is 3. The molecule has 0 spiro atoms. The number of aryl methyl sites for hydroxylation is 1. The van der Waals surface area contributed by atoms with E-state index in [1.54, 1.807) is 68.4 Å². The minimum Gasteiger partial charge on any atom is -0.465 e. The lowest BCUT2D eigenvalue weighted by molar-refractivity contribution is -0.141. The lowest BCUT2D eigenvalue weighted by Crippen LogP contribution is -2.39. The number of ketones is 1. The van der Waals surface area contributed by atoms with Crippen LogP contribution in [-0.2, 0) is 9.53 Å². The second kappa shape index (κ2) is 10.7. The topological polar surface area (TPSA) is 164 Å². The predicted molar refractivity (Wildman–Crippen MR) is 136 cm³/mol. The molecule has 4 rings (SSSR count). The summed E-state index contributed by atoms with van der Waals surface area (Å²) in [7, 11) is 0. The maximum atomic E-state index is 13.1. The van der Waals surface area contributed by atoms with E-state index in [9.17, 15) is 14.4 Å². The normalized spacial score (nSPS) is 10.6. The molecule has 37 heavy (non-hydrogen) atoms. The van der Waals surface area contributed by atoms with Gasteiger partial charge in [0.1, 0.15) is 23.9 Å². The first-order chi connectivity index (χ1) is 17.8. The maximum absolute atomic E-state index is 13.1. The van der Waals surface area contributed by atoms with E-state index in [0.29, 0.717) is 27.7 Å². The largest absolute Gasteiger partial charge is 0.465 e. The first-order valence-electron chi connectivity index (χ1n) is 11.3. The van der Waals surface area contributed by atoms with Gasteiger partial charge in [-0.25, -0.2) is 19.7 Å². The molecular formula is C26H24N6O5. The first-order valence-corrected chi connectivity index (χ1v) is 11.3. The summed E-state index contributed by atoms with van der Waals surface area (Å²) >= 11 is 0. The van der Waals surface area contributed by atoms with Crippen molar-refractivity contribution in [2.45, 2.75) is 13.8 Å². The monoisotopic (exact) mass is 500 g/mol. The highest BCUT2D eigenvalue weighted by Gasteiger charge is 2.24. The Bertz CT molecular complexity index is 1480. The summed E-state index contributed by atoms with van der Waals surface area (Å²) in [4.78, 5) is 50.7. The number of nitrogens with two attached hydrogens (primary N) is 1. The van der Waals surface area contributed by atoms with Gasteiger partial charge in [0.05, 0.1) is 17.6 Å². The lowest BCUT2D eigenvalue weighted by Gasteiger charge is -2.20. The van der Waals surface area contributed by atoms with Crippen LogP contribution in [0.3, 0.4) is 0 Å². The summed E-state index contributed by atoms with van der Waals surface area (Å²) in [6.07, 6.45) is 0.667. The van der Waals surface area contributed by atoms with E-state index in [-0.39, 0.29) is 42.2 Å². The summed E-state index contributed by atoms with van der Waals surface area (Å²) in [5.74, 6) is -0.510. The van der Waals surface area contributed by atoms with Gasteiger partial charge < -0.3 is 20.2 Å². The minimum absolute atomic E-state index is 0.0932. The van der Waals surface area contributed by atoms with Crippen molar-refractivity contribution < 1.29 is 23.9 Å². The van der Waals surface area contributed by atoms with Crippen molar-refractivity contribution >= 4 is 40.5 Å². The number of amides is 1. The number of rotatable bonds is 8. The third kappa shape index (κ3) is 5.45. The van der Waals surface area contributed by atoms with Gasteiger partial charge in [-0.2, -0.15) is 0 Å². The first kappa shape index (κ1) is 25.0. The second-order valence-electron chi connectivity index (χ2n) is 7.94. The van der Waals surface area contributed by atoms with E-state index in [0.717, 1.165) is 4.90 Å². The Morgan fingerprint density at radius 3 is 2.43 bits per heavy atom. The molecule has 0 aliphatic rings. The molecule has 0 saturated heterocycles. The molecule has 2 heterocycles. The van der Waals surface area contributed by atoms with Gasteiger partial charge in [-0.1, -0.05) is 30.3 Å². The number of fused-ring (bicyclic) bond motifs is 1. The van der Waals surface area contributed by atoms with Crippen molar-refractivity contribution in [3.8, 4) is 5.75 Å². The molecule has 4 N–H and O–H groups in total. The van der Waals surface area contributed by atoms with Gasteiger partial charge in [0.25, 0.3) is 0 Å². The highest BCUT2D eigenvalue weighted by Crippen LogP contribution is 2.27. The van der Waals surface area contributed by atoms with E-state index in [2.05, 4.69) is 15.0 Å². The highest BCUT2D eigenvalue weighted by molar-refractivity contribution is 6.08. The average Bonchev–Trinajstić information content (AvgIpc) is 3.34. The third-order valence-corrected chi connectivity index (χ3v) is 5.47. The van der Waals surface area contributed by atoms with Gasteiger partial charge in [0, 0.05) is 22.9 Å². The highest BCUT2D eigenvalue weighted by atomic mass is 16.6. The number of hydrogen-bond acceptors (Lipinski definition) is 8. The number of nitrogen functional groups attached to an aromatic ring is 1. The Hall–Kier alpha value is -5.06. The van der Waals surface area contributed by atoms with Crippen molar-refractivity contribution in [2.24, 2.45) is 5.73 Å². The molecule has 11 nitrogen and oxygen atoms in total. The molecule has 0 aliphatic carbocycles. The Labute approximate surface area is 211 Å². The summed E-state index contributed by atoms with van der Waals surface area (Å²) in [6, 6.07) is 14.5.